The number of sulfone groups is 1. The number of carbonyl (C=O) groups excluding carboxylic acids is 4. The summed E-state index contributed by atoms with van der Waals surface area (Å²) in [5.74, 6) is -2.13. The number of rotatable bonds is 9. The fourth-order valence-corrected chi connectivity index (χ4v) is 6.48. The Morgan fingerprint density at radius 2 is 1.87 bits per heavy atom. The van der Waals surface area contributed by atoms with Crippen LogP contribution in [0.2, 0.25) is 0 Å². The third-order valence-electron chi connectivity index (χ3n) is 7.88. The van der Waals surface area contributed by atoms with Gasteiger partial charge in [0.2, 0.25) is 32.7 Å². The molecule has 4 rings (SSSR count). The van der Waals surface area contributed by atoms with Crippen LogP contribution in [0.15, 0.2) is 41.6 Å². The molecule has 1 aliphatic carbocycles. The molecule has 0 spiro atoms. The highest BCUT2D eigenvalue weighted by molar-refractivity contribution is 7.94. The van der Waals surface area contributed by atoms with Crippen molar-refractivity contribution < 1.29 is 32.0 Å². The molecule has 212 valence electrons. The van der Waals surface area contributed by atoms with E-state index in [4.69, 9.17) is 0 Å². The van der Waals surface area contributed by atoms with Crippen molar-refractivity contribution in [2.45, 2.75) is 57.2 Å². The van der Waals surface area contributed by atoms with Crippen molar-refractivity contribution in [1.29, 1.82) is 0 Å². The largest absolute Gasteiger partial charge is 0.356 e. The average Bonchev–Trinajstić information content (AvgIpc) is 3.58. The number of likely N-dealkylation sites (tertiary alicyclic amines) is 1. The first-order valence-corrected chi connectivity index (χ1v) is 15.1. The molecule has 0 aromatic heterocycles. The third-order valence-corrected chi connectivity index (χ3v) is 8.73. The molecule has 1 aromatic rings. The Kier molecular flexibility index (Phi) is 8.73. The highest BCUT2D eigenvalue weighted by Crippen LogP contribution is 2.43. The first kappa shape index (κ1) is 28.7. The lowest BCUT2D eigenvalue weighted by atomic mass is 9.92. The normalized spacial score (nSPS) is 26.5. The summed E-state index contributed by atoms with van der Waals surface area (Å²) in [5, 5.41) is 6.75. The van der Waals surface area contributed by atoms with E-state index in [-0.39, 0.29) is 24.2 Å². The van der Waals surface area contributed by atoms with Gasteiger partial charge < -0.3 is 20.9 Å². The predicted molar refractivity (Wildman–Crippen MR) is 141 cm³/mol. The molecule has 0 unspecified atom stereocenters. The summed E-state index contributed by atoms with van der Waals surface area (Å²) in [6.45, 7) is 2.10. The Morgan fingerprint density at radius 1 is 1.15 bits per heavy atom. The Labute approximate surface area is 227 Å². The van der Waals surface area contributed by atoms with Gasteiger partial charge in [0.05, 0.1) is 6.04 Å². The number of benzene rings is 1. The zero-order valence-electron chi connectivity index (χ0n) is 22.1. The molecular weight excluding hydrogens is 527 g/mol. The molecule has 10 nitrogen and oxygen atoms in total. The molecular formula is C27H35FN4O6S. The van der Waals surface area contributed by atoms with Crippen LogP contribution >= 0.6 is 0 Å². The minimum Gasteiger partial charge on any atom is -0.356 e. The van der Waals surface area contributed by atoms with E-state index in [9.17, 15) is 32.0 Å². The number of hydrogen-bond acceptors (Lipinski definition) is 6. The van der Waals surface area contributed by atoms with Gasteiger partial charge in [-0.05, 0) is 49.2 Å². The maximum atomic E-state index is 14.5. The molecule has 2 aliphatic heterocycles. The Hall–Kier alpha value is -3.28. The van der Waals surface area contributed by atoms with Gasteiger partial charge in [0, 0.05) is 32.2 Å². The molecule has 6 atom stereocenters. The molecule has 1 saturated carbocycles. The van der Waals surface area contributed by atoms with Crippen molar-refractivity contribution in [2.24, 2.45) is 17.8 Å². The summed E-state index contributed by atoms with van der Waals surface area (Å²) in [4.78, 5) is 53.3. The van der Waals surface area contributed by atoms with Crippen molar-refractivity contribution in [3.63, 3.8) is 0 Å². The molecule has 4 amide bonds. The van der Waals surface area contributed by atoms with Gasteiger partial charge in [-0.1, -0.05) is 36.8 Å². The lowest BCUT2D eigenvalue weighted by Crippen LogP contribution is -2.53. The lowest BCUT2D eigenvalue weighted by molar-refractivity contribution is -0.142. The monoisotopic (exact) mass is 562 g/mol. The van der Waals surface area contributed by atoms with E-state index in [1.54, 1.807) is 30.3 Å². The van der Waals surface area contributed by atoms with E-state index in [1.807, 2.05) is 0 Å². The van der Waals surface area contributed by atoms with Gasteiger partial charge in [-0.2, -0.15) is 4.39 Å². The van der Waals surface area contributed by atoms with Gasteiger partial charge in [0.25, 0.3) is 5.91 Å². The van der Waals surface area contributed by atoms with Crippen LogP contribution in [0.25, 0.3) is 0 Å². The van der Waals surface area contributed by atoms with Crippen LogP contribution in [0.3, 0.4) is 0 Å². The minimum atomic E-state index is -4.15. The molecule has 1 aromatic carbocycles. The van der Waals surface area contributed by atoms with Crippen LogP contribution in [0.1, 0.15) is 50.6 Å². The van der Waals surface area contributed by atoms with Gasteiger partial charge in [-0.25, -0.2) is 8.42 Å². The minimum absolute atomic E-state index is 0.0216. The number of nitrogens with zero attached hydrogens (tertiary/aromatic N) is 1. The van der Waals surface area contributed by atoms with Crippen LogP contribution in [0.5, 0.6) is 0 Å². The molecule has 2 heterocycles. The Balaban J connectivity index is 1.62. The maximum absolute atomic E-state index is 14.5. The summed E-state index contributed by atoms with van der Waals surface area (Å²) < 4.78 is 38.1. The third kappa shape index (κ3) is 6.66. The number of amides is 4. The van der Waals surface area contributed by atoms with Crippen molar-refractivity contribution >= 4 is 33.5 Å². The first-order chi connectivity index (χ1) is 18.5. The molecule has 2 saturated heterocycles. The van der Waals surface area contributed by atoms with Crippen molar-refractivity contribution in [3.8, 4) is 0 Å². The van der Waals surface area contributed by atoms with E-state index in [2.05, 4.69) is 16.0 Å². The van der Waals surface area contributed by atoms with Crippen molar-refractivity contribution in [3.05, 3.63) is 47.1 Å². The van der Waals surface area contributed by atoms with Crippen molar-refractivity contribution in [1.82, 2.24) is 20.9 Å². The van der Waals surface area contributed by atoms with E-state index in [0.717, 1.165) is 31.6 Å². The first-order valence-electron chi connectivity index (χ1n) is 13.2. The zero-order valence-corrected chi connectivity index (χ0v) is 22.9. The van der Waals surface area contributed by atoms with Crippen LogP contribution < -0.4 is 16.0 Å². The Bertz CT molecular complexity index is 1250. The van der Waals surface area contributed by atoms with Gasteiger partial charge in [-0.15, -0.1) is 0 Å². The van der Waals surface area contributed by atoms with Gasteiger partial charge >= 0.3 is 0 Å². The van der Waals surface area contributed by atoms with E-state index >= 15 is 0 Å². The zero-order chi connectivity index (χ0) is 28.3. The van der Waals surface area contributed by atoms with Crippen LogP contribution in [0, 0.1) is 17.8 Å². The van der Waals surface area contributed by atoms with Crippen molar-refractivity contribution in [2.75, 3.05) is 19.3 Å². The average molecular weight is 563 g/mol. The lowest BCUT2D eigenvalue weighted by Gasteiger charge is -2.32. The van der Waals surface area contributed by atoms with Gasteiger partial charge in [0.15, 0.2) is 0 Å². The number of nitrogens with one attached hydrogen (secondary N) is 3. The molecule has 3 aliphatic rings. The summed E-state index contributed by atoms with van der Waals surface area (Å²) >= 11 is 0. The fourth-order valence-electron chi connectivity index (χ4n) is 6.07. The summed E-state index contributed by atoms with van der Waals surface area (Å²) in [6, 6.07) is 5.83. The SMILES string of the molecule is CC(=O)N[C@@H](C(=O)N1C[C@H]2CCC[C@H]2[C@H]1C(=O)N[C@H](/C=C(\F)S(C)(=O)=O)C[C@@H]1CCNC1=O)c1ccccc1. The molecule has 0 bridgehead atoms. The highest BCUT2D eigenvalue weighted by atomic mass is 32.2. The van der Waals surface area contributed by atoms with E-state index in [0.29, 0.717) is 25.1 Å². The molecule has 0 radical (unpaired) electrons. The second kappa shape index (κ2) is 11.8. The van der Waals surface area contributed by atoms with Gasteiger partial charge in [0.1, 0.15) is 12.1 Å². The predicted octanol–water partition coefficient (Wildman–Crippen LogP) is 1.36. The smallest absolute Gasteiger partial charge is 0.250 e. The molecule has 3 fully saturated rings. The van der Waals surface area contributed by atoms with Crippen LogP contribution in [0.4, 0.5) is 4.39 Å². The standard InChI is InChI=1S/C27H35FN4O6S/c1-16(33)30-23(17-7-4-3-5-8-17)27(36)32-15-19-9-6-10-21(19)24(32)26(35)31-20(14-22(28)39(2,37)38)13-18-11-12-29-25(18)34/h3-5,7-8,14,18-21,23-24H,6,9-13,15H2,1-2H3,(H,29,34)(H,30,33)(H,31,35)/b22-14+/t18-,19+,20-,21+,23+,24-/m0/s1. The number of carbonyl (C=O) groups is 4. The molecule has 12 heteroatoms. The van der Waals surface area contributed by atoms with E-state index in [1.165, 1.54) is 11.8 Å². The Morgan fingerprint density at radius 3 is 2.49 bits per heavy atom. The molecule has 39 heavy (non-hydrogen) atoms. The van der Waals surface area contributed by atoms with Crippen LogP contribution in [-0.2, 0) is 29.0 Å². The summed E-state index contributed by atoms with van der Waals surface area (Å²) in [6.07, 6.45) is 4.54. The number of halogens is 1. The summed E-state index contributed by atoms with van der Waals surface area (Å²) in [7, 11) is -4.15. The summed E-state index contributed by atoms with van der Waals surface area (Å²) in [5.41, 5.74) is 0.581. The maximum Gasteiger partial charge on any atom is 0.250 e. The highest BCUT2D eigenvalue weighted by Gasteiger charge is 2.51. The van der Waals surface area contributed by atoms with E-state index < -0.39 is 56.8 Å². The quantitative estimate of drug-likeness (QED) is 0.415. The second-order valence-electron chi connectivity index (χ2n) is 10.7. The topological polar surface area (TPSA) is 142 Å². The number of hydrogen-bond donors (Lipinski definition) is 3. The second-order valence-corrected chi connectivity index (χ2v) is 12.6. The number of fused-ring (bicyclic) bond motifs is 1. The fraction of sp³-hybridized carbons (Fsp3) is 0.556. The van der Waals surface area contributed by atoms with Gasteiger partial charge in [-0.3, -0.25) is 19.2 Å². The van der Waals surface area contributed by atoms with Crippen LogP contribution in [-0.4, -0.2) is 68.4 Å². The molecule has 3 N–H and O–H groups in total.